The van der Waals surface area contributed by atoms with E-state index >= 15 is 0 Å². The van der Waals surface area contributed by atoms with Gasteiger partial charge in [-0.2, -0.15) is 0 Å². The zero-order chi connectivity index (χ0) is 20.7. The second-order valence-corrected chi connectivity index (χ2v) is 8.60. The third-order valence-electron chi connectivity index (χ3n) is 5.13. The SMILES string of the molecule is CC(C)(C)OC(=O)N1CCCN(c2ccc(OCCN3CCOCC3)cc2)CC1. The summed E-state index contributed by atoms with van der Waals surface area (Å²) in [6, 6.07) is 8.27. The van der Waals surface area contributed by atoms with Crippen LogP contribution in [0, 0.1) is 0 Å². The molecule has 29 heavy (non-hydrogen) atoms. The summed E-state index contributed by atoms with van der Waals surface area (Å²) >= 11 is 0. The molecule has 1 aromatic rings. The van der Waals surface area contributed by atoms with Crippen LogP contribution in [0.25, 0.3) is 0 Å². The minimum atomic E-state index is -0.458. The lowest BCUT2D eigenvalue weighted by atomic mass is 10.2. The van der Waals surface area contributed by atoms with E-state index in [0.717, 1.165) is 70.3 Å². The molecule has 1 aromatic carbocycles. The molecule has 7 heteroatoms. The normalized spacial score (nSPS) is 19.0. The maximum atomic E-state index is 12.3. The van der Waals surface area contributed by atoms with Gasteiger partial charge in [-0.05, 0) is 51.5 Å². The van der Waals surface area contributed by atoms with E-state index in [-0.39, 0.29) is 6.09 Å². The molecule has 0 spiro atoms. The first-order valence-electron chi connectivity index (χ1n) is 10.7. The molecule has 1 amide bonds. The third-order valence-corrected chi connectivity index (χ3v) is 5.13. The van der Waals surface area contributed by atoms with Crippen molar-refractivity contribution in [3.8, 4) is 5.75 Å². The van der Waals surface area contributed by atoms with Gasteiger partial charge in [0.25, 0.3) is 0 Å². The van der Waals surface area contributed by atoms with Crippen LogP contribution in [0.15, 0.2) is 24.3 Å². The predicted molar refractivity (Wildman–Crippen MR) is 114 cm³/mol. The lowest BCUT2D eigenvalue weighted by Crippen LogP contribution is -2.39. The lowest BCUT2D eigenvalue weighted by molar-refractivity contribution is 0.0263. The largest absolute Gasteiger partial charge is 0.492 e. The van der Waals surface area contributed by atoms with Crippen molar-refractivity contribution >= 4 is 11.8 Å². The Morgan fingerprint density at radius 2 is 1.72 bits per heavy atom. The van der Waals surface area contributed by atoms with Gasteiger partial charge in [-0.1, -0.05) is 0 Å². The molecule has 2 aliphatic rings. The summed E-state index contributed by atoms with van der Waals surface area (Å²) in [5.41, 5.74) is 0.706. The topological polar surface area (TPSA) is 54.5 Å². The lowest BCUT2D eigenvalue weighted by Gasteiger charge is -2.27. The highest BCUT2D eigenvalue weighted by Gasteiger charge is 2.24. The minimum Gasteiger partial charge on any atom is -0.492 e. The summed E-state index contributed by atoms with van der Waals surface area (Å²) in [5.74, 6) is 0.896. The Balaban J connectivity index is 1.45. The molecule has 7 nitrogen and oxygen atoms in total. The van der Waals surface area contributed by atoms with E-state index in [2.05, 4.69) is 21.9 Å². The number of carbonyl (C=O) groups is 1. The van der Waals surface area contributed by atoms with Gasteiger partial charge < -0.3 is 24.0 Å². The fraction of sp³-hybridized carbons (Fsp3) is 0.682. The fourth-order valence-corrected chi connectivity index (χ4v) is 3.56. The maximum absolute atomic E-state index is 12.3. The molecule has 0 aliphatic carbocycles. The molecule has 0 radical (unpaired) electrons. The van der Waals surface area contributed by atoms with Gasteiger partial charge in [-0.3, -0.25) is 4.90 Å². The van der Waals surface area contributed by atoms with Crippen molar-refractivity contribution in [2.75, 3.05) is 70.5 Å². The first kappa shape index (κ1) is 21.7. The molecule has 2 saturated heterocycles. The minimum absolute atomic E-state index is 0.219. The highest BCUT2D eigenvalue weighted by Crippen LogP contribution is 2.21. The van der Waals surface area contributed by atoms with Crippen molar-refractivity contribution in [3.63, 3.8) is 0 Å². The van der Waals surface area contributed by atoms with Crippen LogP contribution >= 0.6 is 0 Å². The summed E-state index contributed by atoms with van der Waals surface area (Å²) in [5, 5.41) is 0. The summed E-state index contributed by atoms with van der Waals surface area (Å²) in [6.45, 7) is 14.1. The van der Waals surface area contributed by atoms with E-state index in [1.54, 1.807) is 0 Å². The van der Waals surface area contributed by atoms with Crippen LogP contribution in [-0.2, 0) is 9.47 Å². The highest BCUT2D eigenvalue weighted by atomic mass is 16.6. The van der Waals surface area contributed by atoms with E-state index in [1.807, 2.05) is 37.8 Å². The van der Waals surface area contributed by atoms with Crippen LogP contribution in [0.1, 0.15) is 27.2 Å². The smallest absolute Gasteiger partial charge is 0.410 e. The van der Waals surface area contributed by atoms with Crippen molar-refractivity contribution in [3.05, 3.63) is 24.3 Å². The second-order valence-electron chi connectivity index (χ2n) is 8.60. The zero-order valence-electron chi connectivity index (χ0n) is 18.1. The first-order valence-corrected chi connectivity index (χ1v) is 10.7. The fourth-order valence-electron chi connectivity index (χ4n) is 3.56. The third kappa shape index (κ3) is 7.08. The molecule has 162 valence electrons. The van der Waals surface area contributed by atoms with Crippen molar-refractivity contribution in [2.45, 2.75) is 32.8 Å². The van der Waals surface area contributed by atoms with Gasteiger partial charge in [0.15, 0.2) is 0 Å². The summed E-state index contributed by atoms with van der Waals surface area (Å²) < 4.78 is 16.8. The Kier molecular flexibility index (Phi) is 7.61. The molecular formula is C22H35N3O4. The van der Waals surface area contributed by atoms with Crippen LogP contribution in [0.2, 0.25) is 0 Å². The molecule has 2 heterocycles. The Hall–Kier alpha value is -1.99. The molecule has 3 rings (SSSR count). The van der Waals surface area contributed by atoms with Gasteiger partial charge in [0, 0.05) is 51.5 Å². The average Bonchev–Trinajstić information content (AvgIpc) is 2.94. The van der Waals surface area contributed by atoms with Gasteiger partial charge >= 0.3 is 6.09 Å². The van der Waals surface area contributed by atoms with E-state index in [9.17, 15) is 4.79 Å². The first-order chi connectivity index (χ1) is 13.9. The number of nitrogens with zero attached hydrogens (tertiary/aromatic N) is 3. The molecular weight excluding hydrogens is 370 g/mol. The molecule has 0 unspecified atom stereocenters. The Morgan fingerprint density at radius 3 is 2.41 bits per heavy atom. The molecule has 0 bridgehead atoms. The van der Waals surface area contributed by atoms with Crippen LogP contribution in [0.5, 0.6) is 5.75 Å². The number of rotatable bonds is 5. The molecule has 0 N–H and O–H groups in total. The van der Waals surface area contributed by atoms with Crippen LogP contribution in [0.3, 0.4) is 0 Å². The van der Waals surface area contributed by atoms with Gasteiger partial charge in [0.1, 0.15) is 18.0 Å². The number of carbonyl (C=O) groups excluding carboxylic acids is 1. The molecule has 2 fully saturated rings. The number of morpholine rings is 1. The van der Waals surface area contributed by atoms with Crippen LogP contribution in [0.4, 0.5) is 10.5 Å². The highest BCUT2D eigenvalue weighted by molar-refractivity contribution is 5.68. The Bertz CT molecular complexity index is 638. The Morgan fingerprint density at radius 1 is 1.00 bits per heavy atom. The van der Waals surface area contributed by atoms with Crippen molar-refractivity contribution in [2.24, 2.45) is 0 Å². The van der Waals surface area contributed by atoms with Gasteiger partial charge in [0.2, 0.25) is 0 Å². The summed E-state index contributed by atoms with van der Waals surface area (Å²) in [4.78, 5) is 18.8. The number of anilines is 1. The number of amides is 1. The van der Waals surface area contributed by atoms with E-state index in [4.69, 9.17) is 14.2 Å². The van der Waals surface area contributed by atoms with E-state index in [0.29, 0.717) is 13.2 Å². The molecule has 2 aliphatic heterocycles. The second kappa shape index (κ2) is 10.2. The number of hydrogen-bond acceptors (Lipinski definition) is 6. The van der Waals surface area contributed by atoms with Crippen molar-refractivity contribution < 1.29 is 19.0 Å². The summed E-state index contributed by atoms with van der Waals surface area (Å²) in [6.07, 6.45) is 0.709. The zero-order valence-corrected chi connectivity index (χ0v) is 18.1. The number of benzene rings is 1. The standard InChI is InChI=1S/C22H35N3O4/c1-22(2,3)29-21(26)25-10-4-9-24(11-12-25)19-5-7-20(8-6-19)28-18-15-23-13-16-27-17-14-23/h5-8H,4,9-18H2,1-3H3. The average molecular weight is 406 g/mol. The van der Waals surface area contributed by atoms with Crippen LogP contribution in [-0.4, -0.2) is 87.1 Å². The predicted octanol–water partition coefficient (Wildman–Crippen LogP) is 2.84. The molecule has 0 saturated carbocycles. The number of hydrogen-bond donors (Lipinski definition) is 0. The monoisotopic (exact) mass is 405 g/mol. The van der Waals surface area contributed by atoms with Crippen molar-refractivity contribution in [1.82, 2.24) is 9.80 Å². The summed E-state index contributed by atoms with van der Waals surface area (Å²) in [7, 11) is 0. The molecule has 0 atom stereocenters. The molecule has 0 aromatic heterocycles. The van der Waals surface area contributed by atoms with Gasteiger partial charge in [-0.15, -0.1) is 0 Å². The quantitative estimate of drug-likeness (QED) is 0.751. The van der Waals surface area contributed by atoms with Crippen molar-refractivity contribution in [1.29, 1.82) is 0 Å². The maximum Gasteiger partial charge on any atom is 0.410 e. The van der Waals surface area contributed by atoms with Crippen LogP contribution < -0.4 is 9.64 Å². The van der Waals surface area contributed by atoms with Gasteiger partial charge in [-0.25, -0.2) is 4.79 Å². The van der Waals surface area contributed by atoms with E-state index < -0.39 is 5.60 Å². The van der Waals surface area contributed by atoms with Gasteiger partial charge in [0.05, 0.1) is 13.2 Å². The van der Waals surface area contributed by atoms with E-state index in [1.165, 1.54) is 0 Å². The number of ether oxygens (including phenoxy) is 3. The Labute approximate surface area is 174 Å².